The first kappa shape index (κ1) is 16.2. The zero-order chi connectivity index (χ0) is 16.1. The van der Waals surface area contributed by atoms with Gasteiger partial charge in [-0.25, -0.2) is 4.98 Å². The molecule has 0 fully saturated rings. The zero-order valence-electron chi connectivity index (χ0n) is 12.6. The topological polar surface area (TPSA) is 42.0 Å². The lowest BCUT2D eigenvalue weighted by molar-refractivity contribution is 0.0948. The maximum absolute atomic E-state index is 12.5. The Morgan fingerprint density at radius 2 is 2.17 bits per heavy atom. The second-order valence-corrected chi connectivity index (χ2v) is 7.71. The van der Waals surface area contributed by atoms with Crippen molar-refractivity contribution in [3.8, 4) is 0 Å². The van der Waals surface area contributed by atoms with Crippen LogP contribution in [-0.2, 0) is 12.3 Å². The van der Waals surface area contributed by atoms with E-state index >= 15 is 0 Å². The van der Waals surface area contributed by atoms with Gasteiger partial charge in [-0.1, -0.05) is 12.1 Å². The van der Waals surface area contributed by atoms with Crippen molar-refractivity contribution >= 4 is 40.3 Å². The third kappa shape index (κ3) is 4.22. The summed E-state index contributed by atoms with van der Waals surface area (Å²) in [5.74, 6) is 0.747. The third-order valence-electron chi connectivity index (χ3n) is 3.37. The largest absolute Gasteiger partial charge is 0.347 e. The number of carbonyl (C=O) groups excluding carboxylic acids is 1. The van der Waals surface area contributed by atoms with Crippen molar-refractivity contribution in [3.05, 3.63) is 68.3 Å². The summed E-state index contributed by atoms with van der Waals surface area (Å²) < 4.78 is 0. The minimum absolute atomic E-state index is 0.0285. The van der Waals surface area contributed by atoms with E-state index in [9.17, 15) is 4.79 Å². The van der Waals surface area contributed by atoms with Crippen molar-refractivity contribution in [2.75, 3.05) is 0 Å². The van der Waals surface area contributed by atoms with Gasteiger partial charge in [0.1, 0.15) is 0 Å². The summed E-state index contributed by atoms with van der Waals surface area (Å²) in [7, 11) is 0. The van der Waals surface area contributed by atoms with Crippen LogP contribution < -0.4 is 5.32 Å². The summed E-state index contributed by atoms with van der Waals surface area (Å²) in [6.07, 6.45) is 0. The van der Waals surface area contributed by atoms with Crippen LogP contribution in [0.5, 0.6) is 0 Å². The highest BCUT2D eigenvalue weighted by atomic mass is 32.2. The molecule has 0 bridgehead atoms. The normalized spacial score (nSPS) is 10.7. The summed E-state index contributed by atoms with van der Waals surface area (Å²) in [6.45, 7) is 2.64. The van der Waals surface area contributed by atoms with Gasteiger partial charge in [0.15, 0.2) is 0 Å². The highest BCUT2D eigenvalue weighted by Gasteiger charge is 2.12. The number of hydrogen-bond acceptors (Lipinski definition) is 5. The number of thioether (sulfide) groups is 1. The van der Waals surface area contributed by atoms with E-state index in [4.69, 9.17) is 0 Å². The molecular formula is C17H16N2OS3. The Morgan fingerprint density at radius 1 is 1.30 bits per heavy atom. The molecule has 0 radical (unpaired) electrons. The summed E-state index contributed by atoms with van der Waals surface area (Å²) in [6, 6.07) is 9.80. The first-order valence-corrected chi connectivity index (χ1v) is 9.95. The van der Waals surface area contributed by atoms with E-state index in [1.54, 1.807) is 34.4 Å². The second-order valence-electron chi connectivity index (χ2n) is 4.97. The van der Waals surface area contributed by atoms with Gasteiger partial charge in [0, 0.05) is 20.9 Å². The van der Waals surface area contributed by atoms with Crippen molar-refractivity contribution in [1.82, 2.24) is 10.3 Å². The molecule has 6 heteroatoms. The molecule has 118 valence electrons. The van der Waals surface area contributed by atoms with Gasteiger partial charge in [0.25, 0.3) is 5.91 Å². The molecule has 1 aromatic carbocycles. The molecule has 3 nitrogen and oxygen atoms in total. The smallest absolute Gasteiger partial charge is 0.252 e. The van der Waals surface area contributed by atoms with Gasteiger partial charge in [-0.05, 0) is 36.1 Å². The Labute approximate surface area is 147 Å². The summed E-state index contributed by atoms with van der Waals surface area (Å²) in [5, 5.41) is 7.11. The number of carbonyl (C=O) groups is 1. The molecule has 1 amide bonds. The molecule has 3 rings (SSSR count). The first-order valence-electron chi connectivity index (χ1n) is 7.14. The van der Waals surface area contributed by atoms with Gasteiger partial charge < -0.3 is 5.32 Å². The van der Waals surface area contributed by atoms with Crippen LogP contribution in [0, 0.1) is 6.92 Å². The lowest BCUT2D eigenvalue weighted by Crippen LogP contribution is -2.23. The Morgan fingerprint density at radius 3 is 2.91 bits per heavy atom. The van der Waals surface area contributed by atoms with Crippen molar-refractivity contribution in [2.24, 2.45) is 0 Å². The molecule has 2 heterocycles. The summed E-state index contributed by atoms with van der Waals surface area (Å²) in [5.41, 5.74) is 4.82. The van der Waals surface area contributed by atoms with Crippen LogP contribution in [0.3, 0.4) is 0 Å². The van der Waals surface area contributed by atoms with Crippen LogP contribution >= 0.6 is 34.4 Å². The number of rotatable bonds is 6. The van der Waals surface area contributed by atoms with Crippen molar-refractivity contribution < 1.29 is 4.79 Å². The Hall–Kier alpha value is -1.63. The molecule has 0 spiro atoms. The van der Waals surface area contributed by atoms with Crippen LogP contribution in [0.2, 0.25) is 0 Å². The van der Waals surface area contributed by atoms with Crippen molar-refractivity contribution in [1.29, 1.82) is 0 Å². The maximum atomic E-state index is 12.5. The molecule has 0 aliphatic heterocycles. The van der Waals surface area contributed by atoms with Gasteiger partial charge in [0.05, 0.1) is 23.3 Å². The highest BCUT2D eigenvalue weighted by molar-refractivity contribution is 7.98. The average Bonchev–Trinajstić information content (AvgIpc) is 3.22. The number of aryl methyl sites for hydroxylation is 1. The molecular weight excluding hydrogens is 344 g/mol. The fraction of sp³-hybridized carbons (Fsp3) is 0.176. The summed E-state index contributed by atoms with van der Waals surface area (Å²) >= 11 is 4.91. The quantitative estimate of drug-likeness (QED) is 0.646. The monoisotopic (exact) mass is 360 g/mol. The Balaban J connectivity index is 1.66. The first-order chi connectivity index (χ1) is 11.2. The number of benzene rings is 1. The molecule has 0 saturated heterocycles. The van der Waals surface area contributed by atoms with E-state index in [0.717, 1.165) is 21.9 Å². The Bertz CT molecular complexity index is 781. The van der Waals surface area contributed by atoms with Crippen molar-refractivity contribution in [3.63, 3.8) is 0 Å². The van der Waals surface area contributed by atoms with Gasteiger partial charge >= 0.3 is 0 Å². The number of nitrogens with zero attached hydrogens (tertiary/aromatic N) is 1. The molecule has 0 aliphatic rings. The molecule has 23 heavy (non-hydrogen) atoms. The van der Waals surface area contributed by atoms with Crippen LogP contribution in [0.4, 0.5) is 0 Å². The van der Waals surface area contributed by atoms with Gasteiger partial charge in [-0.2, -0.15) is 0 Å². The molecule has 0 atom stereocenters. The van der Waals surface area contributed by atoms with Gasteiger partial charge in [0.2, 0.25) is 0 Å². The average molecular weight is 361 g/mol. The molecule has 0 aliphatic carbocycles. The fourth-order valence-corrected chi connectivity index (χ4v) is 4.54. The van der Waals surface area contributed by atoms with Crippen LogP contribution in [0.15, 0.2) is 51.5 Å². The van der Waals surface area contributed by atoms with E-state index < -0.39 is 0 Å². The van der Waals surface area contributed by atoms with Gasteiger partial charge in [-0.3, -0.25) is 4.79 Å². The molecule has 1 N–H and O–H groups in total. The van der Waals surface area contributed by atoms with Crippen LogP contribution in [-0.4, -0.2) is 10.9 Å². The van der Waals surface area contributed by atoms with E-state index in [2.05, 4.69) is 28.7 Å². The number of amides is 1. The maximum Gasteiger partial charge on any atom is 0.252 e. The van der Waals surface area contributed by atoms with E-state index in [0.29, 0.717) is 6.54 Å². The zero-order valence-corrected chi connectivity index (χ0v) is 15.1. The number of aromatic nitrogens is 1. The number of thiophene rings is 1. The van der Waals surface area contributed by atoms with E-state index in [1.807, 2.05) is 35.2 Å². The minimum Gasteiger partial charge on any atom is -0.347 e. The van der Waals surface area contributed by atoms with Gasteiger partial charge in [-0.15, -0.1) is 34.4 Å². The highest BCUT2D eigenvalue weighted by Crippen LogP contribution is 2.26. The molecule has 0 unspecified atom stereocenters. The van der Waals surface area contributed by atoms with E-state index in [1.165, 1.54) is 10.4 Å². The standard InChI is InChI=1S/C17H16N2OS3/c1-12-6-7-22-16(12)8-18-17(20)14-4-2-3-5-15(14)23-10-13-9-21-11-19-13/h2-7,9,11H,8,10H2,1H3,(H,18,20). The molecule has 2 aromatic heterocycles. The van der Waals surface area contributed by atoms with Crippen LogP contribution in [0.25, 0.3) is 0 Å². The predicted molar refractivity (Wildman–Crippen MR) is 98.3 cm³/mol. The van der Waals surface area contributed by atoms with E-state index in [-0.39, 0.29) is 5.91 Å². The number of hydrogen-bond donors (Lipinski definition) is 1. The summed E-state index contributed by atoms with van der Waals surface area (Å²) in [4.78, 5) is 19.0. The lowest BCUT2D eigenvalue weighted by atomic mass is 10.2. The Kier molecular flexibility index (Phi) is 5.48. The molecule has 0 saturated carbocycles. The van der Waals surface area contributed by atoms with Crippen molar-refractivity contribution in [2.45, 2.75) is 24.1 Å². The molecule has 3 aromatic rings. The number of thiazole rings is 1. The predicted octanol–water partition coefficient (Wildman–Crippen LogP) is 4.74. The minimum atomic E-state index is -0.0285. The number of nitrogens with one attached hydrogen (secondary N) is 1. The van der Waals surface area contributed by atoms with Crippen LogP contribution in [0.1, 0.15) is 26.5 Å². The SMILES string of the molecule is Cc1ccsc1CNC(=O)c1ccccc1SCc1cscn1. The second kappa shape index (κ2) is 7.77. The fourth-order valence-electron chi connectivity index (χ4n) is 2.08. The third-order valence-corrected chi connectivity index (χ3v) is 6.13. The lowest BCUT2D eigenvalue weighted by Gasteiger charge is -2.09.